The summed E-state index contributed by atoms with van der Waals surface area (Å²) >= 11 is 0. The van der Waals surface area contributed by atoms with Gasteiger partial charge in [0.15, 0.2) is 0 Å². The molecule has 0 amide bonds. The molecule has 1 aromatic rings. The lowest BCUT2D eigenvalue weighted by molar-refractivity contribution is 0.520. The van der Waals surface area contributed by atoms with Crippen LogP contribution in [0.4, 0.5) is 0 Å². The van der Waals surface area contributed by atoms with Crippen LogP contribution in [0.15, 0.2) is 12.3 Å². The van der Waals surface area contributed by atoms with E-state index < -0.39 is 0 Å². The van der Waals surface area contributed by atoms with E-state index in [-0.39, 0.29) is 0 Å². The molecule has 0 bridgehead atoms. The van der Waals surface area contributed by atoms with Gasteiger partial charge in [-0.1, -0.05) is 0 Å². The van der Waals surface area contributed by atoms with Crippen LogP contribution >= 0.6 is 0 Å². The predicted molar refractivity (Wildman–Crippen MR) is 67.0 cm³/mol. The molecular weight excluding hydrogens is 198 g/mol. The summed E-state index contributed by atoms with van der Waals surface area (Å²) in [5.74, 6) is 2.65. The Bertz CT molecular complexity index is 333. The average molecular weight is 219 g/mol. The summed E-state index contributed by atoms with van der Waals surface area (Å²) in [5.41, 5.74) is 1.10. The van der Waals surface area contributed by atoms with Crippen LogP contribution in [0.5, 0.6) is 0 Å². The molecule has 0 unspecified atom stereocenters. The van der Waals surface area contributed by atoms with Crippen LogP contribution in [0.1, 0.15) is 44.8 Å². The van der Waals surface area contributed by atoms with Crippen molar-refractivity contribution in [2.24, 2.45) is 0 Å². The highest BCUT2D eigenvalue weighted by Crippen LogP contribution is 2.03. The Balaban J connectivity index is 2.15. The topological polar surface area (TPSA) is 29.9 Å². The molecule has 0 aliphatic heterocycles. The van der Waals surface area contributed by atoms with Crippen molar-refractivity contribution < 1.29 is 0 Å². The molecule has 1 heterocycles. The molecule has 1 aromatic heterocycles. The lowest BCUT2D eigenvalue weighted by Crippen LogP contribution is -2.15. The van der Waals surface area contributed by atoms with Gasteiger partial charge in [-0.25, -0.2) is 0 Å². The fourth-order valence-electron chi connectivity index (χ4n) is 1.45. The Morgan fingerprint density at radius 1 is 1.50 bits per heavy atom. The Morgan fingerprint density at radius 2 is 2.31 bits per heavy atom. The van der Waals surface area contributed by atoms with Crippen molar-refractivity contribution in [3.05, 3.63) is 18.0 Å². The molecule has 0 aromatic carbocycles. The van der Waals surface area contributed by atoms with E-state index in [1.807, 2.05) is 10.9 Å². The molecule has 0 atom stereocenters. The second-order valence-corrected chi connectivity index (χ2v) is 4.22. The molecule has 88 valence electrons. The summed E-state index contributed by atoms with van der Waals surface area (Å²) < 4.78 is 1.98. The first-order valence-electron chi connectivity index (χ1n) is 5.92. The SMILES string of the molecule is C#CCCCCNCc1ccn(C(C)C)n1. The Hall–Kier alpha value is -1.27. The van der Waals surface area contributed by atoms with Gasteiger partial charge < -0.3 is 5.32 Å². The highest BCUT2D eigenvalue weighted by atomic mass is 15.3. The Morgan fingerprint density at radius 3 is 2.94 bits per heavy atom. The lowest BCUT2D eigenvalue weighted by atomic mass is 10.2. The van der Waals surface area contributed by atoms with Crippen LogP contribution in [0.3, 0.4) is 0 Å². The summed E-state index contributed by atoms with van der Waals surface area (Å²) in [6, 6.07) is 2.50. The van der Waals surface area contributed by atoms with Crippen molar-refractivity contribution in [1.82, 2.24) is 15.1 Å². The first-order valence-corrected chi connectivity index (χ1v) is 5.92. The van der Waals surface area contributed by atoms with E-state index in [2.05, 4.69) is 36.2 Å². The third kappa shape index (κ3) is 4.50. The summed E-state index contributed by atoms with van der Waals surface area (Å²) in [6.07, 6.45) is 10.3. The van der Waals surface area contributed by atoms with Gasteiger partial charge in [-0.3, -0.25) is 4.68 Å². The van der Waals surface area contributed by atoms with Gasteiger partial charge in [-0.15, -0.1) is 12.3 Å². The molecule has 1 rings (SSSR count). The first-order chi connectivity index (χ1) is 7.74. The quantitative estimate of drug-likeness (QED) is 0.563. The maximum absolute atomic E-state index is 5.18. The number of aromatic nitrogens is 2. The summed E-state index contributed by atoms with van der Waals surface area (Å²) in [4.78, 5) is 0. The van der Waals surface area contributed by atoms with E-state index in [1.54, 1.807) is 0 Å². The van der Waals surface area contributed by atoms with E-state index >= 15 is 0 Å². The second-order valence-electron chi connectivity index (χ2n) is 4.22. The molecule has 0 fully saturated rings. The van der Waals surface area contributed by atoms with Crippen LogP contribution < -0.4 is 5.32 Å². The molecule has 0 saturated heterocycles. The number of rotatable bonds is 7. The van der Waals surface area contributed by atoms with Crippen LogP contribution in [0.2, 0.25) is 0 Å². The highest BCUT2D eigenvalue weighted by Gasteiger charge is 2.00. The molecule has 1 N–H and O–H groups in total. The van der Waals surface area contributed by atoms with Gasteiger partial charge in [0.1, 0.15) is 0 Å². The fraction of sp³-hybridized carbons (Fsp3) is 0.615. The fourth-order valence-corrected chi connectivity index (χ4v) is 1.45. The van der Waals surface area contributed by atoms with Crippen molar-refractivity contribution in [3.63, 3.8) is 0 Å². The number of hydrogen-bond donors (Lipinski definition) is 1. The van der Waals surface area contributed by atoms with Gasteiger partial charge in [-0.05, 0) is 39.3 Å². The van der Waals surface area contributed by atoms with Gasteiger partial charge in [0.25, 0.3) is 0 Å². The molecule has 3 nitrogen and oxygen atoms in total. The molecule has 0 radical (unpaired) electrons. The second kappa shape index (κ2) is 7.08. The van der Waals surface area contributed by atoms with Gasteiger partial charge in [0, 0.05) is 25.2 Å². The molecule has 0 aliphatic carbocycles. The zero-order chi connectivity index (χ0) is 11.8. The van der Waals surface area contributed by atoms with E-state index in [0.717, 1.165) is 38.0 Å². The van der Waals surface area contributed by atoms with E-state index in [4.69, 9.17) is 6.42 Å². The third-order valence-electron chi connectivity index (χ3n) is 2.42. The maximum Gasteiger partial charge on any atom is 0.0762 e. The summed E-state index contributed by atoms with van der Waals surface area (Å²) in [7, 11) is 0. The molecule has 0 saturated carbocycles. The lowest BCUT2D eigenvalue weighted by Gasteiger charge is -2.04. The smallest absolute Gasteiger partial charge is 0.0762 e. The van der Waals surface area contributed by atoms with Gasteiger partial charge in [0.05, 0.1) is 5.69 Å². The van der Waals surface area contributed by atoms with E-state index in [1.165, 1.54) is 0 Å². The number of hydrogen-bond acceptors (Lipinski definition) is 2. The highest BCUT2D eigenvalue weighted by molar-refractivity contribution is 4.98. The van der Waals surface area contributed by atoms with Crippen molar-refractivity contribution in [1.29, 1.82) is 0 Å². The number of nitrogens with one attached hydrogen (secondary N) is 1. The van der Waals surface area contributed by atoms with E-state index in [9.17, 15) is 0 Å². The van der Waals surface area contributed by atoms with Crippen molar-refractivity contribution in [2.45, 2.75) is 45.7 Å². The Kier molecular flexibility index (Phi) is 5.66. The minimum Gasteiger partial charge on any atom is -0.311 e. The first kappa shape index (κ1) is 12.8. The molecule has 0 aliphatic rings. The minimum atomic E-state index is 0.435. The normalized spacial score (nSPS) is 10.6. The van der Waals surface area contributed by atoms with Crippen molar-refractivity contribution >= 4 is 0 Å². The molecule has 0 spiro atoms. The van der Waals surface area contributed by atoms with Crippen LogP contribution in [0.25, 0.3) is 0 Å². The average Bonchev–Trinajstić information content (AvgIpc) is 2.72. The maximum atomic E-state index is 5.18. The van der Waals surface area contributed by atoms with Gasteiger partial charge in [0.2, 0.25) is 0 Å². The van der Waals surface area contributed by atoms with Crippen LogP contribution in [0, 0.1) is 12.3 Å². The van der Waals surface area contributed by atoms with Crippen molar-refractivity contribution in [3.8, 4) is 12.3 Å². The zero-order valence-electron chi connectivity index (χ0n) is 10.2. The zero-order valence-corrected chi connectivity index (χ0v) is 10.2. The third-order valence-corrected chi connectivity index (χ3v) is 2.42. The summed E-state index contributed by atoms with van der Waals surface area (Å²) in [6.45, 7) is 6.11. The van der Waals surface area contributed by atoms with Crippen LogP contribution in [-0.4, -0.2) is 16.3 Å². The molecular formula is C13H21N3. The standard InChI is InChI=1S/C13H21N3/c1-4-5-6-7-9-14-11-13-8-10-16(15-13)12(2)3/h1,8,10,12,14H,5-7,9,11H2,2-3H3. The summed E-state index contributed by atoms with van der Waals surface area (Å²) in [5, 5.41) is 7.83. The largest absolute Gasteiger partial charge is 0.311 e. The number of unbranched alkanes of at least 4 members (excludes halogenated alkanes) is 2. The van der Waals surface area contributed by atoms with Gasteiger partial charge in [-0.2, -0.15) is 5.10 Å². The van der Waals surface area contributed by atoms with Gasteiger partial charge >= 0.3 is 0 Å². The monoisotopic (exact) mass is 219 g/mol. The predicted octanol–water partition coefficient (Wildman–Crippen LogP) is 2.36. The minimum absolute atomic E-state index is 0.435. The number of nitrogens with zero attached hydrogens (tertiary/aromatic N) is 2. The number of terminal acetylenes is 1. The Labute approximate surface area is 98.2 Å². The van der Waals surface area contributed by atoms with E-state index in [0.29, 0.717) is 6.04 Å². The van der Waals surface area contributed by atoms with Crippen molar-refractivity contribution in [2.75, 3.05) is 6.54 Å². The van der Waals surface area contributed by atoms with Crippen LogP contribution in [-0.2, 0) is 6.54 Å². The molecule has 16 heavy (non-hydrogen) atoms. The molecule has 3 heteroatoms.